The van der Waals surface area contributed by atoms with Crippen LogP contribution in [0, 0.1) is 6.92 Å². The lowest BCUT2D eigenvalue weighted by Crippen LogP contribution is -2.12. The zero-order valence-corrected chi connectivity index (χ0v) is 17.5. The molecule has 1 heterocycles. The first-order valence-electron chi connectivity index (χ1n) is 10.1. The van der Waals surface area contributed by atoms with Crippen molar-refractivity contribution in [1.82, 2.24) is 9.97 Å². The molecule has 3 aromatic rings. The second kappa shape index (κ2) is 10.1. The van der Waals surface area contributed by atoms with Crippen LogP contribution in [0.15, 0.2) is 54.7 Å². The van der Waals surface area contributed by atoms with Gasteiger partial charge in [-0.05, 0) is 49.7 Å². The number of aryl methyl sites for hydroxylation is 1. The summed E-state index contributed by atoms with van der Waals surface area (Å²) >= 11 is 0. The van der Waals surface area contributed by atoms with Crippen LogP contribution in [0.1, 0.15) is 37.3 Å². The highest BCUT2D eigenvalue weighted by Crippen LogP contribution is 2.35. The zero-order chi connectivity index (χ0) is 22.3. The zero-order valence-electron chi connectivity index (χ0n) is 17.5. The molecule has 0 amide bonds. The van der Waals surface area contributed by atoms with E-state index in [9.17, 15) is 13.2 Å². The molecule has 2 aromatic carbocycles. The molecule has 0 bridgehead atoms. The molecule has 31 heavy (non-hydrogen) atoms. The predicted molar refractivity (Wildman–Crippen MR) is 116 cm³/mol. The molecule has 3 rings (SSSR count). The highest BCUT2D eigenvalue weighted by atomic mass is 19.4. The van der Waals surface area contributed by atoms with Crippen molar-refractivity contribution in [2.24, 2.45) is 0 Å². The largest absolute Gasteiger partial charge is 0.494 e. The summed E-state index contributed by atoms with van der Waals surface area (Å²) in [5, 5.41) is 5.68. The van der Waals surface area contributed by atoms with E-state index in [4.69, 9.17) is 4.74 Å². The molecule has 0 aliphatic carbocycles. The Bertz CT molecular complexity index is 974. The van der Waals surface area contributed by atoms with Gasteiger partial charge in [0.25, 0.3) is 0 Å². The molecule has 0 spiro atoms. The van der Waals surface area contributed by atoms with Gasteiger partial charge in [0.2, 0.25) is 5.95 Å². The Morgan fingerprint density at radius 3 is 2.19 bits per heavy atom. The number of hydrogen-bond acceptors (Lipinski definition) is 5. The van der Waals surface area contributed by atoms with Gasteiger partial charge in [0.15, 0.2) is 0 Å². The summed E-state index contributed by atoms with van der Waals surface area (Å²) in [5.41, 5.74) is 1.21. The Hall–Kier alpha value is -3.29. The lowest BCUT2D eigenvalue weighted by molar-refractivity contribution is -0.137. The molecule has 0 unspecified atom stereocenters. The van der Waals surface area contributed by atoms with Crippen LogP contribution < -0.4 is 15.4 Å². The van der Waals surface area contributed by atoms with Crippen LogP contribution in [0.4, 0.5) is 36.3 Å². The van der Waals surface area contributed by atoms with E-state index >= 15 is 0 Å². The minimum Gasteiger partial charge on any atom is -0.494 e. The topological polar surface area (TPSA) is 59.1 Å². The molecule has 2 N–H and O–H groups in total. The van der Waals surface area contributed by atoms with Gasteiger partial charge < -0.3 is 15.4 Å². The Balaban J connectivity index is 1.74. The third kappa shape index (κ3) is 6.60. The number of ether oxygens (including phenoxy) is 1. The van der Waals surface area contributed by atoms with E-state index in [1.807, 2.05) is 19.1 Å². The van der Waals surface area contributed by atoms with Crippen LogP contribution in [0.3, 0.4) is 0 Å². The molecular formula is C23H25F3N4O. The fourth-order valence-corrected chi connectivity index (χ4v) is 2.82. The van der Waals surface area contributed by atoms with Crippen LogP contribution in [0.25, 0.3) is 0 Å². The van der Waals surface area contributed by atoms with Crippen molar-refractivity contribution in [2.45, 2.75) is 39.3 Å². The average molecular weight is 430 g/mol. The molecule has 8 heteroatoms. The first-order valence-corrected chi connectivity index (χ1v) is 10.1. The smallest absolute Gasteiger partial charge is 0.421 e. The van der Waals surface area contributed by atoms with Gasteiger partial charge in [0.05, 0.1) is 6.61 Å². The maximum absolute atomic E-state index is 13.4. The van der Waals surface area contributed by atoms with Gasteiger partial charge in [-0.2, -0.15) is 18.2 Å². The van der Waals surface area contributed by atoms with Crippen molar-refractivity contribution < 1.29 is 17.9 Å². The Morgan fingerprint density at radius 2 is 1.55 bits per heavy atom. The minimum atomic E-state index is -4.58. The fraction of sp³-hybridized carbons (Fsp3) is 0.304. The van der Waals surface area contributed by atoms with Gasteiger partial charge in [0, 0.05) is 17.6 Å². The number of alkyl halides is 3. The van der Waals surface area contributed by atoms with Crippen LogP contribution in [0.2, 0.25) is 0 Å². The molecule has 0 atom stereocenters. The molecule has 0 fully saturated rings. The van der Waals surface area contributed by atoms with E-state index in [0.717, 1.165) is 36.8 Å². The standard InChI is InChI=1S/C23H25F3N4O/c1-3-4-5-14-31-19-12-10-18(11-13-19)29-22-27-15-20(23(24,25)26)21(30-22)28-17-8-6-16(2)7-9-17/h6-13,15H,3-5,14H2,1-2H3,(H2,27,28,29,30). The van der Waals surface area contributed by atoms with E-state index in [0.29, 0.717) is 18.0 Å². The molecule has 0 aliphatic heterocycles. The van der Waals surface area contributed by atoms with Gasteiger partial charge in [-0.1, -0.05) is 37.5 Å². The van der Waals surface area contributed by atoms with Crippen molar-refractivity contribution in [1.29, 1.82) is 0 Å². The molecule has 0 saturated carbocycles. The SMILES string of the molecule is CCCCCOc1ccc(Nc2ncc(C(F)(F)F)c(Nc3ccc(C)cc3)n2)cc1. The number of rotatable bonds is 9. The predicted octanol–water partition coefficient (Wildman–Crippen LogP) is 6.86. The molecule has 0 saturated heterocycles. The third-order valence-electron chi connectivity index (χ3n) is 4.54. The van der Waals surface area contributed by atoms with Gasteiger partial charge >= 0.3 is 6.18 Å². The minimum absolute atomic E-state index is 0.0548. The highest BCUT2D eigenvalue weighted by molar-refractivity contribution is 5.63. The number of aromatic nitrogens is 2. The molecule has 1 aromatic heterocycles. The second-order valence-electron chi connectivity index (χ2n) is 7.15. The van der Waals surface area contributed by atoms with Crippen LogP contribution in [-0.2, 0) is 6.18 Å². The van der Waals surface area contributed by atoms with Crippen LogP contribution in [-0.4, -0.2) is 16.6 Å². The summed E-state index contributed by atoms with van der Waals surface area (Å²) in [6, 6.07) is 14.1. The highest BCUT2D eigenvalue weighted by Gasteiger charge is 2.35. The monoisotopic (exact) mass is 430 g/mol. The van der Waals surface area contributed by atoms with Gasteiger partial charge in [-0.15, -0.1) is 0 Å². The Kier molecular flexibility index (Phi) is 7.33. The summed E-state index contributed by atoms with van der Waals surface area (Å²) in [5.74, 6) is 0.473. The summed E-state index contributed by atoms with van der Waals surface area (Å²) in [6.45, 7) is 4.68. The van der Waals surface area contributed by atoms with Crippen molar-refractivity contribution in [3.05, 3.63) is 65.9 Å². The van der Waals surface area contributed by atoms with Crippen LogP contribution in [0.5, 0.6) is 5.75 Å². The number of hydrogen-bond donors (Lipinski definition) is 2. The summed E-state index contributed by atoms with van der Waals surface area (Å²) in [4.78, 5) is 7.90. The van der Waals surface area contributed by atoms with Crippen LogP contribution >= 0.6 is 0 Å². The quantitative estimate of drug-likeness (QED) is 0.363. The maximum Gasteiger partial charge on any atom is 0.421 e. The lowest BCUT2D eigenvalue weighted by Gasteiger charge is -2.15. The van der Waals surface area contributed by atoms with Crippen molar-refractivity contribution in [3.8, 4) is 5.75 Å². The lowest BCUT2D eigenvalue weighted by atomic mass is 10.2. The summed E-state index contributed by atoms with van der Waals surface area (Å²) in [6.07, 6.45) is -0.573. The molecular weight excluding hydrogens is 405 g/mol. The molecule has 164 valence electrons. The first kappa shape index (κ1) is 22.4. The van der Waals surface area contributed by atoms with E-state index in [1.165, 1.54) is 0 Å². The molecule has 0 aliphatic rings. The van der Waals surface area contributed by atoms with E-state index in [1.54, 1.807) is 36.4 Å². The van der Waals surface area contributed by atoms with E-state index in [2.05, 4.69) is 27.5 Å². The van der Waals surface area contributed by atoms with Crippen molar-refractivity contribution >= 4 is 23.1 Å². The van der Waals surface area contributed by atoms with Crippen molar-refractivity contribution in [3.63, 3.8) is 0 Å². The number of anilines is 4. The molecule has 0 radical (unpaired) electrons. The third-order valence-corrected chi connectivity index (χ3v) is 4.54. The van der Waals surface area contributed by atoms with Gasteiger partial charge in [0.1, 0.15) is 17.1 Å². The normalized spacial score (nSPS) is 11.3. The fourth-order valence-electron chi connectivity index (χ4n) is 2.82. The number of nitrogens with zero attached hydrogens (tertiary/aromatic N) is 2. The number of benzene rings is 2. The van der Waals surface area contributed by atoms with E-state index in [-0.39, 0.29) is 11.8 Å². The average Bonchev–Trinajstić information content (AvgIpc) is 2.73. The Morgan fingerprint density at radius 1 is 0.903 bits per heavy atom. The second-order valence-corrected chi connectivity index (χ2v) is 7.15. The Labute approximate surface area is 179 Å². The van der Waals surface area contributed by atoms with E-state index < -0.39 is 11.7 Å². The van der Waals surface area contributed by atoms with Gasteiger partial charge in [-0.25, -0.2) is 4.98 Å². The first-order chi connectivity index (χ1) is 14.8. The summed E-state index contributed by atoms with van der Waals surface area (Å²) < 4.78 is 45.9. The molecule has 5 nitrogen and oxygen atoms in total. The maximum atomic E-state index is 13.4. The number of halogens is 3. The van der Waals surface area contributed by atoms with Gasteiger partial charge in [-0.3, -0.25) is 0 Å². The van der Waals surface area contributed by atoms with Crippen molar-refractivity contribution in [2.75, 3.05) is 17.2 Å². The number of nitrogens with one attached hydrogen (secondary N) is 2. The summed E-state index contributed by atoms with van der Waals surface area (Å²) in [7, 11) is 0. The number of unbranched alkanes of at least 4 members (excludes halogenated alkanes) is 2.